The molecule has 2 N–H and O–H groups in total. The zero-order valence-electron chi connectivity index (χ0n) is 23.8. The molecule has 4 aromatic rings. The van der Waals surface area contributed by atoms with Crippen LogP contribution in [0.1, 0.15) is 44.7 Å². The molecule has 5 rings (SSSR count). The van der Waals surface area contributed by atoms with Gasteiger partial charge in [-0.15, -0.1) is 11.3 Å². The average Bonchev–Trinajstić information content (AvgIpc) is 3.71. The van der Waals surface area contributed by atoms with Crippen LogP contribution < -0.4 is 5.32 Å². The van der Waals surface area contributed by atoms with Crippen LogP contribution >= 0.6 is 22.9 Å². The van der Waals surface area contributed by atoms with E-state index in [9.17, 15) is 14.4 Å². The molecule has 1 fully saturated rings. The molecule has 2 atom stereocenters. The number of aryl methyl sites for hydroxylation is 2. The van der Waals surface area contributed by atoms with Crippen molar-refractivity contribution in [1.82, 2.24) is 19.5 Å². The highest BCUT2D eigenvalue weighted by molar-refractivity contribution is 7.11. The van der Waals surface area contributed by atoms with E-state index in [1.54, 1.807) is 36.5 Å². The molecule has 0 spiro atoms. The van der Waals surface area contributed by atoms with Gasteiger partial charge in [0.05, 0.1) is 48.3 Å². The topological polar surface area (TPSA) is 117 Å². The van der Waals surface area contributed by atoms with Gasteiger partial charge < -0.3 is 24.7 Å². The summed E-state index contributed by atoms with van der Waals surface area (Å²) in [4.78, 5) is 50.0. The summed E-state index contributed by atoms with van der Waals surface area (Å²) < 4.78 is 17.2. The van der Waals surface area contributed by atoms with E-state index in [0.29, 0.717) is 30.0 Å². The maximum atomic E-state index is 15.3. The van der Waals surface area contributed by atoms with E-state index < -0.39 is 17.7 Å². The normalized spacial score (nSPS) is 16.7. The van der Waals surface area contributed by atoms with Crippen LogP contribution in [0.4, 0.5) is 10.1 Å². The predicted octanol–water partition coefficient (Wildman–Crippen LogP) is 5.07. The molecule has 0 bridgehead atoms. The second kappa shape index (κ2) is 12.8. The van der Waals surface area contributed by atoms with Gasteiger partial charge in [-0.1, -0.05) is 29.8 Å². The van der Waals surface area contributed by atoms with Gasteiger partial charge >= 0.3 is 5.97 Å². The van der Waals surface area contributed by atoms with Gasteiger partial charge in [0.2, 0.25) is 5.91 Å². The number of carbonyl (C=O) groups is 3. The number of thiazole rings is 1. The standard InChI is InChI=1S/C30H31ClFN5O5S/c1-35-16-21(20-6-4-5-7-25(20)35)29(41)34-24-13-23(32)17(10-22(24)31)11-27(38)37-15-18(36(2)42-3)12-26(37)30-33-14-19(43-30)8-9-28(39)40/h4-7,10,13-14,16,18,26H,8-9,11-12,15H2,1-3H3,(H,34,41)(H,39,40)/t18?,26-/m0/s1. The molecular weight excluding hydrogens is 597 g/mol. The minimum atomic E-state index is -0.894. The van der Waals surface area contributed by atoms with E-state index in [4.69, 9.17) is 21.5 Å². The number of hydrogen-bond acceptors (Lipinski definition) is 7. The summed E-state index contributed by atoms with van der Waals surface area (Å²) in [5.74, 6) is -2.31. The number of nitrogens with zero attached hydrogens (tertiary/aromatic N) is 4. The number of fused-ring (bicyclic) bond motifs is 1. The summed E-state index contributed by atoms with van der Waals surface area (Å²) in [5, 5.41) is 14.9. The first-order chi connectivity index (χ1) is 20.5. The maximum Gasteiger partial charge on any atom is 0.303 e. The average molecular weight is 628 g/mol. The van der Waals surface area contributed by atoms with Crippen LogP contribution in [0.5, 0.6) is 0 Å². The van der Waals surface area contributed by atoms with Crippen molar-refractivity contribution in [3.05, 3.63) is 80.6 Å². The zero-order chi connectivity index (χ0) is 30.8. The largest absolute Gasteiger partial charge is 0.481 e. The van der Waals surface area contributed by atoms with Crippen molar-refractivity contribution < 1.29 is 28.7 Å². The zero-order valence-corrected chi connectivity index (χ0v) is 25.4. The van der Waals surface area contributed by atoms with Crippen molar-refractivity contribution in [2.45, 2.75) is 37.8 Å². The lowest BCUT2D eigenvalue weighted by atomic mass is 10.1. The first-order valence-electron chi connectivity index (χ1n) is 13.6. The van der Waals surface area contributed by atoms with E-state index in [2.05, 4.69) is 10.3 Å². The molecule has 3 heterocycles. The van der Waals surface area contributed by atoms with E-state index in [-0.39, 0.29) is 47.1 Å². The summed E-state index contributed by atoms with van der Waals surface area (Å²) in [6.45, 7) is 0.340. The summed E-state index contributed by atoms with van der Waals surface area (Å²) in [6.07, 6.45) is 3.98. The number of rotatable bonds is 10. The quantitative estimate of drug-likeness (QED) is 0.236. The molecule has 1 aliphatic rings. The van der Waals surface area contributed by atoms with Crippen LogP contribution in [0.2, 0.25) is 5.02 Å². The lowest BCUT2D eigenvalue weighted by Crippen LogP contribution is -2.37. The third-order valence-electron chi connectivity index (χ3n) is 7.71. The molecule has 0 saturated carbocycles. The fraction of sp³-hybridized carbons (Fsp3) is 0.333. The van der Waals surface area contributed by atoms with Crippen LogP contribution in [0.25, 0.3) is 10.9 Å². The van der Waals surface area contributed by atoms with Crippen LogP contribution in [0, 0.1) is 5.82 Å². The number of hydrogen-bond donors (Lipinski definition) is 2. The lowest BCUT2D eigenvalue weighted by Gasteiger charge is -2.24. The Kier molecular flexibility index (Phi) is 9.11. The number of aromatic nitrogens is 2. The first kappa shape index (κ1) is 30.6. The molecule has 2 amide bonds. The Morgan fingerprint density at radius 2 is 2.05 bits per heavy atom. The van der Waals surface area contributed by atoms with Crippen molar-refractivity contribution in [2.75, 3.05) is 26.0 Å². The molecule has 0 radical (unpaired) electrons. The second-order valence-corrected chi connectivity index (χ2v) is 12.0. The number of carboxylic acids is 1. The number of para-hydroxylation sites is 1. The van der Waals surface area contributed by atoms with E-state index in [1.165, 1.54) is 17.4 Å². The van der Waals surface area contributed by atoms with Crippen molar-refractivity contribution in [2.24, 2.45) is 7.05 Å². The minimum Gasteiger partial charge on any atom is -0.481 e. The van der Waals surface area contributed by atoms with Gasteiger partial charge in [-0.05, 0) is 36.6 Å². The van der Waals surface area contributed by atoms with Gasteiger partial charge in [0.25, 0.3) is 5.91 Å². The molecular formula is C30H31ClFN5O5S. The van der Waals surface area contributed by atoms with Gasteiger partial charge in [0, 0.05) is 48.8 Å². The van der Waals surface area contributed by atoms with E-state index >= 15 is 4.39 Å². The second-order valence-electron chi connectivity index (χ2n) is 10.5. The number of halogens is 2. The molecule has 43 heavy (non-hydrogen) atoms. The Morgan fingerprint density at radius 3 is 2.79 bits per heavy atom. The molecule has 226 valence electrons. The SMILES string of the molecule is CON(C)C1C[C@@H](c2ncc(CCC(=O)O)s2)N(C(=O)Cc2cc(Cl)c(NC(=O)c3cn(C)c4ccccc34)cc2F)C1. The molecule has 2 aromatic carbocycles. The van der Waals surface area contributed by atoms with Gasteiger partial charge in [-0.3, -0.25) is 14.4 Å². The summed E-state index contributed by atoms with van der Waals surface area (Å²) >= 11 is 7.85. The van der Waals surface area contributed by atoms with Crippen LogP contribution in [0.3, 0.4) is 0 Å². The van der Waals surface area contributed by atoms with Gasteiger partial charge in [0.15, 0.2) is 0 Å². The van der Waals surface area contributed by atoms with Crippen LogP contribution in [-0.4, -0.2) is 69.1 Å². The first-order valence-corrected chi connectivity index (χ1v) is 14.8. The maximum absolute atomic E-state index is 15.3. The molecule has 1 aliphatic heterocycles. The third-order valence-corrected chi connectivity index (χ3v) is 9.18. The Morgan fingerprint density at radius 1 is 1.28 bits per heavy atom. The fourth-order valence-electron chi connectivity index (χ4n) is 5.35. The lowest BCUT2D eigenvalue weighted by molar-refractivity contribution is -0.141. The number of aliphatic carboxylic acids is 1. The summed E-state index contributed by atoms with van der Waals surface area (Å²) in [6, 6.07) is 9.46. The number of amides is 2. The van der Waals surface area contributed by atoms with Gasteiger partial charge in [0.1, 0.15) is 10.8 Å². The Hall–Kier alpha value is -3.84. The van der Waals surface area contributed by atoms with Gasteiger partial charge in [-0.25, -0.2) is 9.37 Å². The van der Waals surface area contributed by atoms with Crippen LogP contribution in [-0.2, 0) is 34.3 Å². The highest BCUT2D eigenvalue weighted by Gasteiger charge is 2.40. The minimum absolute atomic E-state index is 0.0115. The number of likely N-dealkylation sites (tertiary alicyclic amines) is 1. The number of benzene rings is 2. The van der Waals surface area contributed by atoms with Crippen molar-refractivity contribution in [3.8, 4) is 0 Å². The smallest absolute Gasteiger partial charge is 0.303 e. The molecule has 0 aliphatic carbocycles. The van der Waals surface area contributed by atoms with Crippen molar-refractivity contribution >= 4 is 57.3 Å². The summed E-state index contributed by atoms with van der Waals surface area (Å²) in [5.41, 5.74) is 1.51. The summed E-state index contributed by atoms with van der Waals surface area (Å²) in [7, 11) is 5.16. The van der Waals surface area contributed by atoms with E-state index in [1.807, 2.05) is 35.9 Å². The molecule has 2 aromatic heterocycles. The third kappa shape index (κ3) is 6.57. The number of carbonyl (C=O) groups excluding carboxylic acids is 2. The van der Waals surface area contributed by atoms with E-state index in [0.717, 1.165) is 21.8 Å². The molecule has 1 saturated heterocycles. The molecule has 13 heteroatoms. The monoisotopic (exact) mass is 627 g/mol. The highest BCUT2D eigenvalue weighted by Crippen LogP contribution is 2.37. The number of anilines is 1. The molecule has 10 nitrogen and oxygen atoms in total. The Balaban J connectivity index is 1.33. The van der Waals surface area contributed by atoms with Crippen molar-refractivity contribution in [3.63, 3.8) is 0 Å². The number of carboxylic acid groups (broad SMARTS) is 1. The number of likely N-dealkylation sites (N-methyl/N-ethyl adjacent to an activating group) is 1. The fourth-order valence-corrected chi connectivity index (χ4v) is 6.63. The van der Waals surface area contributed by atoms with Crippen LogP contribution in [0.15, 0.2) is 48.8 Å². The predicted molar refractivity (Wildman–Crippen MR) is 162 cm³/mol. The highest BCUT2D eigenvalue weighted by atomic mass is 35.5. The van der Waals surface area contributed by atoms with Crippen molar-refractivity contribution in [1.29, 1.82) is 0 Å². The Bertz CT molecular complexity index is 1690. The Labute approximate surface area is 256 Å². The number of hydroxylamine groups is 2. The molecule has 1 unspecified atom stereocenters. The van der Waals surface area contributed by atoms with Gasteiger partial charge in [-0.2, -0.15) is 5.06 Å². The number of nitrogens with one attached hydrogen (secondary N) is 1.